The number of anilines is 1. The van der Waals surface area contributed by atoms with Gasteiger partial charge in [0, 0.05) is 24.0 Å². The van der Waals surface area contributed by atoms with Crippen molar-refractivity contribution in [3.05, 3.63) is 76.5 Å². The summed E-state index contributed by atoms with van der Waals surface area (Å²) in [5, 5.41) is 5.12. The molecule has 0 radical (unpaired) electrons. The molecular weight excluding hydrogens is 368 g/mol. The Morgan fingerprint density at radius 2 is 1.93 bits per heavy atom. The van der Waals surface area contributed by atoms with Crippen LogP contribution in [0.15, 0.2) is 76.5 Å². The summed E-state index contributed by atoms with van der Waals surface area (Å²) < 4.78 is 0. The second kappa shape index (κ2) is 9.80. The number of ketones is 1. The van der Waals surface area contributed by atoms with Gasteiger partial charge in [0.25, 0.3) is 0 Å². The molecule has 0 saturated carbocycles. The molecule has 2 aromatic rings. The highest BCUT2D eigenvalue weighted by atomic mass is 32.1. The van der Waals surface area contributed by atoms with E-state index < -0.39 is 0 Å². The number of hydrogen-bond donors (Lipinski definition) is 2. The van der Waals surface area contributed by atoms with Crippen molar-refractivity contribution in [2.24, 2.45) is 5.73 Å². The largest absolute Gasteiger partial charge is 0.402 e. The van der Waals surface area contributed by atoms with E-state index in [1.165, 1.54) is 0 Å². The van der Waals surface area contributed by atoms with Gasteiger partial charge in [0.2, 0.25) is 5.95 Å². The number of nitrogens with two attached hydrogens (primary N) is 1. The number of nitrogens with zero attached hydrogens (tertiary/aromatic N) is 2. The Hall–Kier alpha value is -2.99. The molecule has 6 heteroatoms. The summed E-state index contributed by atoms with van der Waals surface area (Å²) >= 11 is 1.61. The Bertz CT molecular complexity index is 949. The Kier molecular flexibility index (Phi) is 7.46. The van der Waals surface area contributed by atoms with E-state index in [-0.39, 0.29) is 12.3 Å². The molecule has 2 aromatic heterocycles. The molecule has 0 aliphatic rings. The van der Waals surface area contributed by atoms with Crippen LogP contribution in [0.5, 0.6) is 0 Å². The fourth-order valence-electron chi connectivity index (χ4n) is 2.28. The quantitative estimate of drug-likeness (QED) is 0.492. The van der Waals surface area contributed by atoms with Gasteiger partial charge in [0.05, 0.1) is 10.6 Å². The summed E-state index contributed by atoms with van der Waals surface area (Å²) in [5.41, 5.74) is 10.4. The zero-order chi connectivity index (χ0) is 20.7. The Morgan fingerprint density at radius 1 is 1.21 bits per heavy atom. The fourth-order valence-corrected chi connectivity index (χ4v) is 2.97. The van der Waals surface area contributed by atoms with Gasteiger partial charge in [-0.15, -0.1) is 11.3 Å². The number of allylic oxidation sites excluding steroid dienone is 6. The van der Waals surface area contributed by atoms with Crippen LogP contribution in [0.1, 0.15) is 27.7 Å². The Balaban J connectivity index is 2.14. The van der Waals surface area contributed by atoms with Crippen LogP contribution in [-0.4, -0.2) is 22.3 Å². The van der Waals surface area contributed by atoms with Crippen molar-refractivity contribution in [2.75, 3.05) is 11.9 Å². The van der Waals surface area contributed by atoms with Gasteiger partial charge in [-0.05, 0) is 56.4 Å². The van der Waals surface area contributed by atoms with Crippen molar-refractivity contribution in [1.82, 2.24) is 9.97 Å². The average molecular weight is 395 g/mol. The first-order valence-corrected chi connectivity index (χ1v) is 9.79. The number of nitrogens with one attached hydrogen (secondary N) is 1. The lowest BCUT2D eigenvalue weighted by molar-refractivity contribution is -0.112. The van der Waals surface area contributed by atoms with Crippen LogP contribution >= 0.6 is 11.3 Å². The van der Waals surface area contributed by atoms with Crippen LogP contribution in [0.3, 0.4) is 0 Å². The number of thiophene rings is 1. The average Bonchev–Trinajstić information content (AvgIpc) is 3.20. The SMILES string of the molecule is C=C(C)/C(C)=C\C=C(/C)C(=O)/C(CNc1nccc(-c2cccs2)n1)=C(/C)N. The summed E-state index contributed by atoms with van der Waals surface area (Å²) in [6.07, 6.45) is 5.38. The maximum atomic E-state index is 12.8. The van der Waals surface area contributed by atoms with Crippen LogP contribution in [-0.2, 0) is 4.79 Å². The van der Waals surface area contributed by atoms with Gasteiger partial charge in [-0.1, -0.05) is 30.4 Å². The first-order chi connectivity index (χ1) is 13.3. The van der Waals surface area contributed by atoms with Gasteiger partial charge in [-0.2, -0.15) is 0 Å². The highest BCUT2D eigenvalue weighted by Gasteiger charge is 2.14. The van der Waals surface area contributed by atoms with Crippen LogP contribution in [0, 0.1) is 0 Å². The number of rotatable bonds is 8. The maximum Gasteiger partial charge on any atom is 0.223 e. The number of carbonyl (C=O) groups is 1. The van der Waals surface area contributed by atoms with Crippen LogP contribution in [0.25, 0.3) is 10.6 Å². The summed E-state index contributed by atoms with van der Waals surface area (Å²) in [4.78, 5) is 22.6. The van der Waals surface area contributed by atoms with Crippen molar-refractivity contribution in [3.8, 4) is 10.6 Å². The molecule has 0 unspecified atom stereocenters. The van der Waals surface area contributed by atoms with E-state index >= 15 is 0 Å². The van der Waals surface area contributed by atoms with E-state index in [0.717, 1.165) is 21.7 Å². The van der Waals surface area contributed by atoms with Crippen LogP contribution < -0.4 is 11.1 Å². The van der Waals surface area contributed by atoms with Crippen molar-refractivity contribution >= 4 is 23.1 Å². The van der Waals surface area contributed by atoms with E-state index in [1.54, 1.807) is 37.5 Å². The summed E-state index contributed by atoms with van der Waals surface area (Å²) in [5.74, 6) is 0.352. The highest BCUT2D eigenvalue weighted by Crippen LogP contribution is 2.23. The molecule has 0 bridgehead atoms. The summed E-state index contributed by atoms with van der Waals surface area (Å²) in [6, 6.07) is 5.84. The third-order valence-corrected chi connectivity index (χ3v) is 5.11. The Labute approximate surface area is 170 Å². The Morgan fingerprint density at radius 3 is 2.54 bits per heavy atom. The second-order valence-corrected chi connectivity index (χ2v) is 7.51. The number of aromatic nitrogens is 2. The van der Waals surface area contributed by atoms with Crippen molar-refractivity contribution in [1.29, 1.82) is 0 Å². The van der Waals surface area contributed by atoms with Gasteiger partial charge in [0.15, 0.2) is 5.78 Å². The second-order valence-electron chi connectivity index (χ2n) is 6.57. The monoisotopic (exact) mass is 394 g/mol. The number of carbonyl (C=O) groups excluding carboxylic acids is 1. The lowest BCUT2D eigenvalue weighted by atomic mass is 10.0. The first-order valence-electron chi connectivity index (χ1n) is 8.91. The van der Waals surface area contributed by atoms with E-state index in [9.17, 15) is 4.79 Å². The van der Waals surface area contributed by atoms with E-state index in [2.05, 4.69) is 21.9 Å². The molecular formula is C22H26N4OS. The van der Waals surface area contributed by atoms with Crippen molar-refractivity contribution < 1.29 is 4.79 Å². The lowest BCUT2D eigenvalue weighted by Crippen LogP contribution is -2.19. The molecule has 0 aliphatic heterocycles. The minimum atomic E-state index is -0.104. The molecule has 0 aliphatic carbocycles. The molecule has 0 saturated heterocycles. The molecule has 0 aromatic carbocycles. The fraction of sp³-hybridized carbons (Fsp3) is 0.227. The van der Waals surface area contributed by atoms with Gasteiger partial charge in [0.1, 0.15) is 0 Å². The number of Topliss-reactive ketones (excluding diaryl/α,β-unsaturated/α-hetero) is 1. The molecule has 0 atom stereocenters. The first kappa shape index (κ1) is 21.3. The molecule has 2 rings (SSSR count). The maximum absolute atomic E-state index is 12.8. The van der Waals surface area contributed by atoms with Gasteiger partial charge in [-0.25, -0.2) is 9.97 Å². The zero-order valence-electron chi connectivity index (χ0n) is 16.7. The molecule has 0 spiro atoms. The molecule has 2 heterocycles. The van der Waals surface area contributed by atoms with Crippen molar-refractivity contribution in [2.45, 2.75) is 27.7 Å². The van der Waals surface area contributed by atoms with Gasteiger partial charge >= 0.3 is 0 Å². The van der Waals surface area contributed by atoms with Crippen molar-refractivity contribution in [3.63, 3.8) is 0 Å². The minimum absolute atomic E-state index is 0.104. The molecule has 146 valence electrons. The van der Waals surface area contributed by atoms with Gasteiger partial charge < -0.3 is 11.1 Å². The summed E-state index contributed by atoms with van der Waals surface area (Å²) in [6.45, 7) is 11.5. The van der Waals surface area contributed by atoms with Crippen LogP contribution in [0.4, 0.5) is 5.95 Å². The number of hydrogen-bond acceptors (Lipinski definition) is 6. The third-order valence-electron chi connectivity index (χ3n) is 4.22. The molecule has 0 fully saturated rings. The third kappa shape index (κ3) is 5.76. The molecule has 5 nitrogen and oxygen atoms in total. The standard InChI is InChI=1S/C22H26N4OS/c1-14(2)15(3)8-9-16(4)21(27)18(17(5)23)13-25-22-24-11-10-19(26-22)20-7-6-12-28-20/h6-12H,1,13,23H2,2-5H3,(H,24,25,26)/b15-8-,16-9+,18-17-. The van der Waals surface area contributed by atoms with E-state index in [0.29, 0.717) is 22.8 Å². The lowest BCUT2D eigenvalue weighted by Gasteiger charge is -2.11. The molecule has 28 heavy (non-hydrogen) atoms. The summed E-state index contributed by atoms with van der Waals surface area (Å²) in [7, 11) is 0. The predicted molar refractivity (Wildman–Crippen MR) is 118 cm³/mol. The van der Waals surface area contributed by atoms with E-state index in [4.69, 9.17) is 5.73 Å². The predicted octanol–water partition coefficient (Wildman–Crippen LogP) is 4.89. The molecule has 3 N–H and O–H groups in total. The van der Waals surface area contributed by atoms with E-state index in [1.807, 2.05) is 43.5 Å². The highest BCUT2D eigenvalue weighted by molar-refractivity contribution is 7.13. The smallest absolute Gasteiger partial charge is 0.223 e. The normalized spacial score (nSPS) is 13.1. The molecule has 0 amide bonds. The minimum Gasteiger partial charge on any atom is -0.402 e. The topological polar surface area (TPSA) is 80.9 Å². The van der Waals surface area contributed by atoms with Gasteiger partial charge in [-0.3, -0.25) is 4.79 Å². The van der Waals surface area contributed by atoms with Crippen LogP contribution in [0.2, 0.25) is 0 Å². The zero-order valence-corrected chi connectivity index (χ0v) is 17.6.